The summed E-state index contributed by atoms with van der Waals surface area (Å²) in [6, 6.07) is 8.76. The molecule has 2 rings (SSSR count). The van der Waals surface area contributed by atoms with Crippen molar-refractivity contribution in [3.8, 4) is 0 Å². The van der Waals surface area contributed by atoms with Gasteiger partial charge in [0.1, 0.15) is 0 Å². The van der Waals surface area contributed by atoms with Gasteiger partial charge in [-0.3, -0.25) is 9.69 Å². The van der Waals surface area contributed by atoms with Gasteiger partial charge in [-0.05, 0) is 25.3 Å². The molecule has 5 nitrogen and oxygen atoms in total. The number of carbonyl (C=O) groups is 1. The second-order valence-electron chi connectivity index (χ2n) is 6.98. The maximum Gasteiger partial charge on any atom is 0.227 e. The molecule has 156 valence electrons. The first kappa shape index (κ1) is 26.1. The first-order chi connectivity index (χ1) is 12.1. The Morgan fingerprint density at radius 3 is 2.22 bits per heavy atom. The van der Waals surface area contributed by atoms with Gasteiger partial charge >= 0.3 is 0 Å². The van der Waals surface area contributed by atoms with E-state index in [1.165, 1.54) is 11.1 Å². The van der Waals surface area contributed by atoms with E-state index >= 15 is 0 Å². The van der Waals surface area contributed by atoms with Crippen molar-refractivity contribution in [1.82, 2.24) is 10.2 Å². The molecule has 3 N–H and O–H groups in total. The number of carbonyl (C=O) groups excluding carboxylic acids is 1. The molecule has 1 fully saturated rings. The van der Waals surface area contributed by atoms with Gasteiger partial charge in [0, 0.05) is 26.2 Å². The lowest BCUT2D eigenvalue weighted by molar-refractivity contribution is -0.131. The zero-order chi connectivity index (χ0) is 18.3. The number of aryl methyl sites for hydroxylation is 1. The van der Waals surface area contributed by atoms with E-state index in [2.05, 4.69) is 41.4 Å². The molecule has 1 heterocycles. The predicted octanol–water partition coefficient (Wildman–Crippen LogP) is 3.09. The van der Waals surface area contributed by atoms with E-state index in [4.69, 9.17) is 10.5 Å². The fourth-order valence-electron chi connectivity index (χ4n) is 3.46. The molecule has 27 heavy (non-hydrogen) atoms. The Balaban J connectivity index is 0.00000338. The number of benzene rings is 1. The smallest absolute Gasteiger partial charge is 0.227 e. The van der Waals surface area contributed by atoms with Crippen LogP contribution in [0.2, 0.25) is 0 Å². The summed E-state index contributed by atoms with van der Waals surface area (Å²) in [5, 5.41) is 3.19. The fourth-order valence-corrected chi connectivity index (χ4v) is 3.46. The number of hydrogen-bond donors (Lipinski definition) is 2. The normalized spacial score (nSPS) is 16.0. The molecule has 0 saturated carbocycles. The average molecular weight is 420 g/mol. The Morgan fingerprint density at radius 1 is 1.19 bits per heavy atom. The number of ether oxygens (including phenoxy) is 1. The van der Waals surface area contributed by atoms with E-state index in [0.717, 1.165) is 39.1 Å². The molecule has 0 bridgehead atoms. The molecular formula is C20H35Cl2N3O2. The summed E-state index contributed by atoms with van der Waals surface area (Å²) in [7, 11) is 0. The minimum absolute atomic E-state index is 0. The predicted molar refractivity (Wildman–Crippen MR) is 116 cm³/mol. The van der Waals surface area contributed by atoms with E-state index in [-0.39, 0.29) is 36.8 Å². The topological polar surface area (TPSA) is 67.6 Å². The van der Waals surface area contributed by atoms with E-state index in [1.54, 1.807) is 0 Å². The minimum Gasteiger partial charge on any atom is -0.379 e. The van der Waals surface area contributed by atoms with Crippen LogP contribution in [-0.4, -0.2) is 50.2 Å². The molecule has 1 aliphatic heterocycles. The molecule has 0 aromatic heterocycles. The third-order valence-corrected chi connectivity index (χ3v) is 5.63. The summed E-state index contributed by atoms with van der Waals surface area (Å²) in [4.78, 5) is 15.2. The fraction of sp³-hybridized carbons (Fsp3) is 0.650. The monoisotopic (exact) mass is 419 g/mol. The van der Waals surface area contributed by atoms with Gasteiger partial charge in [-0.1, -0.05) is 43.7 Å². The van der Waals surface area contributed by atoms with Crippen molar-refractivity contribution in [2.75, 3.05) is 39.4 Å². The third kappa shape index (κ3) is 6.61. The highest BCUT2D eigenvalue weighted by atomic mass is 35.5. The molecular weight excluding hydrogens is 385 g/mol. The molecule has 7 heteroatoms. The standard InChI is InChI=1S/C20H33N3O2.2ClH/c1-4-20(5-2,15-21)19(24)22-14-18(23-10-12-25-13-11-23)17-8-6-16(3)7-9-17;;/h6-9,18H,4-5,10-15,21H2,1-3H3,(H,22,24);2*1H. The van der Waals surface area contributed by atoms with E-state index < -0.39 is 5.41 Å². The maximum absolute atomic E-state index is 12.8. The van der Waals surface area contributed by atoms with Crippen LogP contribution in [-0.2, 0) is 9.53 Å². The number of nitrogens with two attached hydrogens (primary N) is 1. The molecule has 1 aromatic rings. The molecule has 0 aliphatic carbocycles. The second kappa shape index (κ2) is 12.6. The lowest BCUT2D eigenvalue weighted by Crippen LogP contribution is -2.49. The van der Waals surface area contributed by atoms with E-state index in [9.17, 15) is 4.79 Å². The molecule has 1 aliphatic rings. The van der Waals surface area contributed by atoms with Crippen LogP contribution >= 0.6 is 24.8 Å². The summed E-state index contributed by atoms with van der Waals surface area (Å²) >= 11 is 0. The number of halogens is 2. The van der Waals surface area contributed by atoms with Crippen molar-refractivity contribution in [1.29, 1.82) is 0 Å². The van der Waals surface area contributed by atoms with Gasteiger partial charge in [0.05, 0.1) is 24.7 Å². The Morgan fingerprint density at radius 2 is 1.74 bits per heavy atom. The number of hydrogen-bond acceptors (Lipinski definition) is 4. The van der Waals surface area contributed by atoms with Crippen LogP contribution in [0.5, 0.6) is 0 Å². The average Bonchev–Trinajstić information content (AvgIpc) is 2.66. The maximum atomic E-state index is 12.8. The molecule has 1 atom stereocenters. The van der Waals surface area contributed by atoms with Gasteiger partial charge in [-0.25, -0.2) is 0 Å². The van der Waals surface area contributed by atoms with Crippen molar-refractivity contribution >= 4 is 30.7 Å². The zero-order valence-electron chi connectivity index (χ0n) is 16.7. The Kier molecular flexibility index (Phi) is 12.2. The van der Waals surface area contributed by atoms with Crippen molar-refractivity contribution in [3.05, 3.63) is 35.4 Å². The van der Waals surface area contributed by atoms with Gasteiger partial charge in [-0.15, -0.1) is 24.8 Å². The number of morpholine rings is 1. The van der Waals surface area contributed by atoms with E-state index in [1.807, 2.05) is 13.8 Å². The van der Waals surface area contributed by atoms with Gasteiger partial charge in [-0.2, -0.15) is 0 Å². The summed E-state index contributed by atoms with van der Waals surface area (Å²) in [5.41, 5.74) is 7.94. The highest BCUT2D eigenvalue weighted by Crippen LogP contribution is 2.26. The molecule has 1 unspecified atom stereocenters. The number of rotatable bonds is 8. The number of nitrogens with zero attached hydrogens (tertiary/aromatic N) is 1. The molecule has 1 saturated heterocycles. The number of amides is 1. The van der Waals surface area contributed by atoms with Gasteiger partial charge in [0.15, 0.2) is 0 Å². The zero-order valence-corrected chi connectivity index (χ0v) is 18.3. The lowest BCUT2D eigenvalue weighted by atomic mass is 9.81. The lowest BCUT2D eigenvalue weighted by Gasteiger charge is -2.36. The quantitative estimate of drug-likeness (QED) is 0.678. The summed E-state index contributed by atoms with van der Waals surface area (Å²) in [6.45, 7) is 10.4. The summed E-state index contributed by atoms with van der Waals surface area (Å²) in [5.74, 6) is 0.0744. The number of nitrogens with one attached hydrogen (secondary N) is 1. The minimum atomic E-state index is -0.456. The van der Waals surface area contributed by atoms with Crippen LogP contribution in [0.25, 0.3) is 0 Å². The molecule has 1 amide bonds. The van der Waals surface area contributed by atoms with Crippen molar-refractivity contribution in [3.63, 3.8) is 0 Å². The summed E-state index contributed by atoms with van der Waals surface area (Å²) in [6.07, 6.45) is 1.52. The molecule has 0 radical (unpaired) electrons. The van der Waals surface area contributed by atoms with Crippen molar-refractivity contribution in [2.45, 2.75) is 39.7 Å². The largest absolute Gasteiger partial charge is 0.379 e. The molecule has 0 spiro atoms. The highest BCUT2D eigenvalue weighted by molar-refractivity contribution is 5.85. The second-order valence-corrected chi connectivity index (χ2v) is 6.98. The first-order valence-electron chi connectivity index (χ1n) is 9.43. The Bertz CT molecular complexity index is 536. The van der Waals surface area contributed by atoms with Crippen molar-refractivity contribution in [2.24, 2.45) is 11.1 Å². The summed E-state index contributed by atoms with van der Waals surface area (Å²) < 4.78 is 5.49. The molecule has 1 aromatic carbocycles. The van der Waals surface area contributed by atoms with Gasteiger partial charge < -0.3 is 15.8 Å². The van der Waals surface area contributed by atoms with Crippen LogP contribution in [0.1, 0.15) is 43.9 Å². The van der Waals surface area contributed by atoms with Gasteiger partial charge in [0.2, 0.25) is 5.91 Å². The van der Waals surface area contributed by atoms with Crippen LogP contribution < -0.4 is 11.1 Å². The van der Waals surface area contributed by atoms with Crippen molar-refractivity contribution < 1.29 is 9.53 Å². The SMILES string of the molecule is CCC(CC)(CN)C(=O)NCC(c1ccc(C)cc1)N1CCOCC1.Cl.Cl. The first-order valence-corrected chi connectivity index (χ1v) is 9.43. The Hall–Kier alpha value is -0.850. The Labute approximate surface area is 176 Å². The van der Waals surface area contributed by atoms with Crippen LogP contribution in [0, 0.1) is 12.3 Å². The van der Waals surface area contributed by atoms with Crippen LogP contribution in [0.3, 0.4) is 0 Å². The highest BCUT2D eigenvalue weighted by Gasteiger charge is 2.34. The van der Waals surface area contributed by atoms with E-state index in [0.29, 0.717) is 13.1 Å². The van der Waals surface area contributed by atoms with Gasteiger partial charge in [0.25, 0.3) is 0 Å². The van der Waals surface area contributed by atoms with Crippen LogP contribution in [0.4, 0.5) is 0 Å². The third-order valence-electron chi connectivity index (χ3n) is 5.63. The van der Waals surface area contributed by atoms with Crippen LogP contribution in [0.15, 0.2) is 24.3 Å².